The van der Waals surface area contributed by atoms with E-state index in [0.29, 0.717) is 12.4 Å². The van der Waals surface area contributed by atoms with E-state index in [1.807, 2.05) is 30.3 Å². The molecule has 4 rings (SSSR count). The number of anilines is 1. The first kappa shape index (κ1) is 26.3. The molecule has 5 atom stereocenters. The lowest BCUT2D eigenvalue weighted by atomic mass is 10.1. The highest BCUT2D eigenvalue weighted by atomic mass is 31.2. The molecule has 1 aromatic carbocycles. The van der Waals surface area contributed by atoms with Crippen LogP contribution >= 0.6 is 15.2 Å². The third-order valence-electron chi connectivity index (χ3n) is 5.22. The molecule has 0 saturated carbocycles. The molecule has 0 aliphatic carbocycles. The number of imidazole rings is 1. The average Bonchev–Trinajstić information content (AvgIpc) is 3.36. The van der Waals surface area contributed by atoms with Crippen LogP contribution < -0.4 is 5.32 Å². The van der Waals surface area contributed by atoms with E-state index in [4.69, 9.17) is 20.9 Å². The number of benzene rings is 1. The number of aromatic nitrogens is 4. The van der Waals surface area contributed by atoms with E-state index in [9.17, 15) is 19.1 Å². The van der Waals surface area contributed by atoms with Gasteiger partial charge in [-0.2, -0.15) is 0 Å². The molecule has 192 valence electrons. The number of aliphatic hydroxyl groups is 1. The zero-order chi connectivity index (χ0) is 26.1. The van der Waals surface area contributed by atoms with Crippen molar-refractivity contribution in [3.8, 4) is 12.3 Å². The van der Waals surface area contributed by atoms with E-state index < -0.39 is 52.3 Å². The van der Waals surface area contributed by atoms with Crippen LogP contribution in [0.1, 0.15) is 17.6 Å². The highest BCUT2D eigenvalue weighted by molar-refractivity contribution is 7.70. The largest absolute Gasteiger partial charge is 0.387 e. The lowest BCUT2D eigenvalue weighted by molar-refractivity contribution is -0.0425. The molecule has 3 heterocycles. The third kappa shape index (κ3) is 5.98. The molecule has 2 aromatic heterocycles. The fraction of sp³-hybridized carbons (Fsp3) is 0.350. The number of nitrogens with zero attached hydrogens (tertiary/aromatic N) is 4. The average molecular weight is 541 g/mol. The molecule has 0 amide bonds. The Kier molecular flexibility index (Phi) is 7.56. The number of aliphatic hydroxyl groups excluding tert-OH is 1. The van der Waals surface area contributed by atoms with Gasteiger partial charge in [-0.1, -0.05) is 30.3 Å². The summed E-state index contributed by atoms with van der Waals surface area (Å²) in [7, 11) is -9.59. The maximum atomic E-state index is 15.0. The van der Waals surface area contributed by atoms with Crippen molar-refractivity contribution in [2.45, 2.75) is 31.2 Å². The predicted octanol–water partition coefficient (Wildman–Crippen LogP) is 1.35. The van der Waals surface area contributed by atoms with Gasteiger partial charge in [0, 0.05) is 6.54 Å². The number of terminal acetylenes is 1. The summed E-state index contributed by atoms with van der Waals surface area (Å²) in [6.07, 6.45) is 0.0160. The van der Waals surface area contributed by atoms with Gasteiger partial charge >= 0.3 is 15.2 Å². The smallest absolute Gasteiger partial charge is 0.340 e. The second-order valence-corrected chi connectivity index (χ2v) is 11.9. The first-order valence-electron chi connectivity index (χ1n) is 10.4. The SMILES string of the molecule is C#Cc1nc(NCc2ccccc2)c2ncn([C@@H]3O[C@H](COP(=O)(O)CP(=O)(O)O)[C@@H](O)[C@@H]3F)c2n1. The Morgan fingerprint density at radius 3 is 2.61 bits per heavy atom. The Labute approximate surface area is 204 Å². The molecule has 16 heteroatoms. The lowest BCUT2D eigenvalue weighted by Gasteiger charge is -2.18. The number of alkyl halides is 1. The van der Waals surface area contributed by atoms with Crippen LogP contribution in [0.25, 0.3) is 11.2 Å². The van der Waals surface area contributed by atoms with Crippen molar-refractivity contribution >= 4 is 32.2 Å². The monoisotopic (exact) mass is 541 g/mol. The van der Waals surface area contributed by atoms with E-state index in [1.54, 1.807) is 0 Å². The highest BCUT2D eigenvalue weighted by Crippen LogP contribution is 2.55. The molecule has 1 saturated heterocycles. The van der Waals surface area contributed by atoms with Gasteiger partial charge in [-0.05, 0) is 11.5 Å². The molecule has 1 fully saturated rings. The molecular formula is C20H22FN5O8P2. The van der Waals surface area contributed by atoms with Crippen molar-refractivity contribution < 1.29 is 42.6 Å². The summed E-state index contributed by atoms with van der Waals surface area (Å²) < 4.78 is 49.3. The number of nitrogens with one attached hydrogen (secondary N) is 1. The van der Waals surface area contributed by atoms with E-state index >= 15 is 4.39 Å². The van der Waals surface area contributed by atoms with Gasteiger partial charge in [0.15, 0.2) is 35.3 Å². The summed E-state index contributed by atoms with van der Waals surface area (Å²) in [5.41, 5.74) is 1.33. The standard InChI is InChI=1S/C20H22FN5O8P2/c1-2-14-24-18(22-8-12-6-4-3-5-7-12)16-19(25-14)26(10-23-16)20-15(21)17(27)13(34-20)9-33-36(31,32)11-35(28,29)30/h1,3-7,10,13,15,17,20,27H,8-9,11H2,(H,31,32)(H,22,24,25)(H2,28,29,30)/t13-,15+,17-,20-/m1/s1. The Balaban J connectivity index is 1.56. The lowest BCUT2D eigenvalue weighted by Crippen LogP contribution is -2.31. The van der Waals surface area contributed by atoms with Crippen LogP contribution in [0.4, 0.5) is 10.2 Å². The van der Waals surface area contributed by atoms with Crippen LogP contribution in [0.5, 0.6) is 0 Å². The number of halogens is 1. The minimum absolute atomic E-state index is 0.00713. The summed E-state index contributed by atoms with van der Waals surface area (Å²) in [6.45, 7) is -0.406. The molecule has 13 nitrogen and oxygen atoms in total. The topological polar surface area (TPSA) is 189 Å². The summed E-state index contributed by atoms with van der Waals surface area (Å²) in [4.78, 5) is 40.1. The van der Waals surface area contributed by atoms with Crippen LogP contribution in [-0.4, -0.2) is 70.2 Å². The van der Waals surface area contributed by atoms with Crippen molar-refractivity contribution in [1.29, 1.82) is 0 Å². The Bertz CT molecular complexity index is 1380. The minimum atomic E-state index is -4.86. The number of ether oxygens (including phenoxy) is 1. The van der Waals surface area contributed by atoms with Gasteiger partial charge in [0.2, 0.25) is 5.82 Å². The molecule has 0 bridgehead atoms. The summed E-state index contributed by atoms with van der Waals surface area (Å²) in [6, 6.07) is 9.44. The second kappa shape index (κ2) is 10.3. The minimum Gasteiger partial charge on any atom is -0.387 e. The van der Waals surface area contributed by atoms with E-state index in [2.05, 4.69) is 30.7 Å². The molecule has 36 heavy (non-hydrogen) atoms. The predicted molar refractivity (Wildman–Crippen MR) is 125 cm³/mol. The molecular weight excluding hydrogens is 519 g/mol. The fourth-order valence-corrected chi connectivity index (χ4v) is 6.17. The van der Waals surface area contributed by atoms with Gasteiger partial charge in [-0.25, -0.2) is 19.3 Å². The number of hydrogen-bond acceptors (Lipinski definition) is 9. The van der Waals surface area contributed by atoms with Crippen molar-refractivity contribution in [3.05, 3.63) is 48.0 Å². The van der Waals surface area contributed by atoms with Crippen molar-refractivity contribution in [2.24, 2.45) is 0 Å². The molecule has 5 N–H and O–H groups in total. The van der Waals surface area contributed by atoms with Crippen LogP contribution in [0.15, 0.2) is 36.7 Å². The Hall–Kier alpha value is -2.72. The number of fused-ring (bicyclic) bond motifs is 1. The zero-order valence-electron chi connectivity index (χ0n) is 18.5. The van der Waals surface area contributed by atoms with Gasteiger partial charge in [0.25, 0.3) is 0 Å². The second-order valence-electron chi connectivity index (χ2n) is 7.94. The van der Waals surface area contributed by atoms with Crippen LogP contribution in [0, 0.1) is 12.3 Å². The summed E-state index contributed by atoms with van der Waals surface area (Å²) >= 11 is 0. The third-order valence-corrected chi connectivity index (χ3v) is 8.68. The van der Waals surface area contributed by atoms with Crippen molar-refractivity contribution in [1.82, 2.24) is 19.5 Å². The molecule has 1 aliphatic heterocycles. The van der Waals surface area contributed by atoms with E-state index in [-0.39, 0.29) is 17.0 Å². The van der Waals surface area contributed by atoms with Crippen molar-refractivity contribution in [3.63, 3.8) is 0 Å². The zero-order valence-corrected chi connectivity index (χ0v) is 20.2. The van der Waals surface area contributed by atoms with Gasteiger partial charge < -0.3 is 34.4 Å². The first-order valence-corrected chi connectivity index (χ1v) is 14.0. The molecule has 3 aromatic rings. The maximum Gasteiger partial charge on any atom is 0.340 e. The Morgan fingerprint density at radius 1 is 1.22 bits per heavy atom. The maximum absolute atomic E-state index is 15.0. The van der Waals surface area contributed by atoms with Gasteiger partial charge in [-0.15, -0.1) is 6.42 Å². The van der Waals surface area contributed by atoms with Crippen LogP contribution in [0.3, 0.4) is 0 Å². The summed E-state index contributed by atoms with van der Waals surface area (Å²) in [5, 5.41) is 13.4. The Morgan fingerprint density at radius 2 is 1.94 bits per heavy atom. The van der Waals surface area contributed by atoms with Crippen LogP contribution in [0.2, 0.25) is 0 Å². The number of rotatable bonds is 9. The number of hydrogen-bond donors (Lipinski definition) is 5. The molecule has 1 unspecified atom stereocenters. The first-order chi connectivity index (χ1) is 17.0. The fourth-order valence-electron chi connectivity index (χ4n) is 3.60. The summed E-state index contributed by atoms with van der Waals surface area (Å²) in [5.74, 6) is 1.18. The quantitative estimate of drug-likeness (QED) is 0.193. The highest BCUT2D eigenvalue weighted by Gasteiger charge is 2.47. The normalized spacial score (nSPS) is 23.9. The van der Waals surface area contributed by atoms with Gasteiger partial charge in [0.05, 0.1) is 12.9 Å². The van der Waals surface area contributed by atoms with E-state index in [1.165, 1.54) is 10.9 Å². The van der Waals surface area contributed by atoms with Crippen LogP contribution in [-0.2, 0) is 24.9 Å². The molecule has 1 aliphatic rings. The molecule has 0 spiro atoms. The van der Waals surface area contributed by atoms with E-state index in [0.717, 1.165) is 5.56 Å². The van der Waals surface area contributed by atoms with Crippen molar-refractivity contribution in [2.75, 3.05) is 17.8 Å². The van der Waals surface area contributed by atoms with Gasteiger partial charge in [-0.3, -0.25) is 13.7 Å². The molecule has 0 radical (unpaired) electrons. The van der Waals surface area contributed by atoms with Gasteiger partial charge in [0.1, 0.15) is 12.2 Å².